The zero-order valence-corrected chi connectivity index (χ0v) is 16.9. The Morgan fingerprint density at radius 1 is 1.07 bits per heavy atom. The van der Waals surface area contributed by atoms with E-state index in [1.165, 1.54) is 19.2 Å². The van der Waals surface area contributed by atoms with Crippen molar-refractivity contribution in [1.29, 1.82) is 0 Å². The Morgan fingerprint density at radius 3 is 2.38 bits per heavy atom. The fraction of sp³-hybridized carbons (Fsp3) is 0.350. The molecule has 0 aliphatic carbocycles. The van der Waals surface area contributed by atoms with Gasteiger partial charge < -0.3 is 24.8 Å². The molecule has 0 aliphatic rings. The third-order valence-corrected chi connectivity index (χ3v) is 3.99. The van der Waals surface area contributed by atoms with Crippen LogP contribution in [0.2, 0.25) is 0 Å². The molecule has 1 amide bonds. The highest BCUT2D eigenvalue weighted by atomic mass is 16.6. The highest BCUT2D eigenvalue weighted by Crippen LogP contribution is 2.31. The number of methoxy groups -OCH3 is 1. The number of nitro groups is 1. The predicted octanol–water partition coefficient (Wildman–Crippen LogP) is 3.84. The van der Waals surface area contributed by atoms with E-state index in [4.69, 9.17) is 14.2 Å². The molecule has 2 aromatic carbocycles. The van der Waals surface area contributed by atoms with Crippen LogP contribution in [0.1, 0.15) is 20.8 Å². The van der Waals surface area contributed by atoms with Crippen LogP contribution in [0.3, 0.4) is 0 Å². The van der Waals surface area contributed by atoms with E-state index < -0.39 is 16.9 Å². The van der Waals surface area contributed by atoms with Crippen LogP contribution in [0.15, 0.2) is 36.4 Å². The number of nitrogens with zero attached hydrogens (tertiary/aromatic N) is 1. The number of carbonyl (C=O) groups is 1. The molecule has 2 aromatic rings. The summed E-state index contributed by atoms with van der Waals surface area (Å²) in [6, 6.07) is 8.82. The topological polar surface area (TPSA) is 112 Å². The molecular formula is C20H25N3O6. The van der Waals surface area contributed by atoms with Crippen LogP contribution in [-0.2, 0) is 4.79 Å². The highest BCUT2D eigenvalue weighted by molar-refractivity contribution is 5.98. The van der Waals surface area contributed by atoms with Gasteiger partial charge >= 0.3 is 0 Å². The van der Waals surface area contributed by atoms with Gasteiger partial charge in [0.05, 0.1) is 37.0 Å². The molecule has 29 heavy (non-hydrogen) atoms. The van der Waals surface area contributed by atoms with Crippen LogP contribution in [-0.4, -0.2) is 37.2 Å². The molecular weight excluding hydrogens is 378 g/mol. The molecule has 0 spiro atoms. The Hall–Kier alpha value is -3.49. The van der Waals surface area contributed by atoms with Crippen LogP contribution in [0.4, 0.5) is 17.1 Å². The maximum absolute atomic E-state index is 12.6. The zero-order valence-electron chi connectivity index (χ0n) is 16.9. The lowest BCUT2D eigenvalue weighted by Crippen LogP contribution is -2.32. The number of amides is 1. The Morgan fingerprint density at radius 2 is 1.76 bits per heavy atom. The van der Waals surface area contributed by atoms with Crippen molar-refractivity contribution in [1.82, 2.24) is 0 Å². The van der Waals surface area contributed by atoms with Gasteiger partial charge in [0.1, 0.15) is 29.0 Å². The summed E-state index contributed by atoms with van der Waals surface area (Å²) in [4.78, 5) is 23.4. The fourth-order valence-corrected chi connectivity index (χ4v) is 2.59. The minimum Gasteiger partial charge on any atom is -0.496 e. The standard InChI is InChI=1S/C20H25N3O6/c1-5-28-15-8-10-19(29-6-2)17(11-15)21-13(3)20(24)22-16-9-7-14(27-4)12-18(16)23(25)26/h7-13,21H,5-6H2,1-4H3,(H,22,24). The van der Waals surface area contributed by atoms with E-state index in [0.717, 1.165) is 0 Å². The summed E-state index contributed by atoms with van der Waals surface area (Å²) in [5.41, 5.74) is 0.422. The summed E-state index contributed by atoms with van der Waals surface area (Å²) >= 11 is 0. The smallest absolute Gasteiger partial charge is 0.296 e. The van der Waals surface area contributed by atoms with E-state index in [1.807, 2.05) is 13.8 Å². The van der Waals surface area contributed by atoms with Gasteiger partial charge in [-0.15, -0.1) is 0 Å². The van der Waals surface area contributed by atoms with Gasteiger partial charge in [-0.2, -0.15) is 0 Å². The lowest BCUT2D eigenvalue weighted by Gasteiger charge is -2.19. The molecule has 0 aliphatic heterocycles. The van der Waals surface area contributed by atoms with Gasteiger partial charge in [0.15, 0.2) is 0 Å². The molecule has 0 saturated carbocycles. The highest BCUT2D eigenvalue weighted by Gasteiger charge is 2.21. The van der Waals surface area contributed by atoms with Gasteiger partial charge in [-0.3, -0.25) is 14.9 Å². The maximum Gasteiger partial charge on any atom is 0.296 e. The molecule has 0 radical (unpaired) electrons. The number of hydrogen-bond donors (Lipinski definition) is 2. The minimum atomic E-state index is -0.701. The second-order valence-electron chi connectivity index (χ2n) is 6.02. The molecule has 156 valence electrons. The summed E-state index contributed by atoms with van der Waals surface area (Å²) < 4.78 is 16.1. The third kappa shape index (κ3) is 5.74. The van der Waals surface area contributed by atoms with Crippen molar-refractivity contribution in [2.24, 2.45) is 0 Å². The van der Waals surface area contributed by atoms with Crippen molar-refractivity contribution in [3.05, 3.63) is 46.5 Å². The number of benzene rings is 2. The Bertz CT molecular complexity index is 871. The minimum absolute atomic E-state index is 0.0857. The van der Waals surface area contributed by atoms with Crippen LogP contribution in [0, 0.1) is 10.1 Å². The molecule has 0 bridgehead atoms. The number of hydrogen-bond acceptors (Lipinski definition) is 7. The van der Waals surface area contributed by atoms with Crippen LogP contribution in [0.25, 0.3) is 0 Å². The summed E-state index contributed by atoms with van der Waals surface area (Å²) in [5, 5.41) is 17.0. The average Bonchev–Trinajstić information content (AvgIpc) is 2.70. The quantitative estimate of drug-likeness (QED) is 0.458. The lowest BCUT2D eigenvalue weighted by molar-refractivity contribution is -0.384. The number of carbonyl (C=O) groups excluding carboxylic acids is 1. The van der Waals surface area contributed by atoms with Crippen molar-refractivity contribution < 1.29 is 23.9 Å². The van der Waals surface area contributed by atoms with Crippen LogP contribution in [0.5, 0.6) is 17.2 Å². The normalized spacial score (nSPS) is 11.3. The molecule has 1 unspecified atom stereocenters. The predicted molar refractivity (Wildman–Crippen MR) is 110 cm³/mol. The van der Waals surface area contributed by atoms with Gasteiger partial charge in [0.2, 0.25) is 5.91 Å². The van der Waals surface area contributed by atoms with E-state index in [-0.39, 0.29) is 11.4 Å². The van der Waals surface area contributed by atoms with E-state index >= 15 is 0 Å². The van der Waals surface area contributed by atoms with Gasteiger partial charge in [0.25, 0.3) is 5.69 Å². The fourth-order valence-electron chi connectivity index (χ4n) is 2.59. The van der Waals surface area contributed by atoms with Crippen molar-refractivity contribution in [3.63, 3.8) is 0 Å². The van der Waals surface area contributed by atoms with E-state index in [0.29, 0.717) is 36.1 Å². The van der Waals surface area contributed by atoms with Crippen molar-refractivity contribution in [2.75, 3.05) is 31.0 Å². The molecule has 9 heteroatoms. The number of ether oxygens (including phenoxy) is 3. The van der Waals surface area contributed by atoms with E-state index in [9.17, 15) is 14.9 Å². The second-order valence-corrected chi connectivity index (χ2v) is 6.02. The number of nitro benzene ring substituents is 1. The Balaban J connectivity index is 2.19. The first kappa shape index (κ1) is 21.8. The number of anilines is 2. The van der Waals surface area contributed by atoms with Crippen LogP contribution < -0.4 is 24.8 Å². The van der Waals surface area contributed by atoms with Gasteiger partial charge in [-0.25, -0.2) is 0 Å². The molecule has 1 atom stereocenters. The van der Waals surface area contributed by atoms with E-state index in [2.05, 4.69) is 10.6 Å². The third-order valence-electron chi connectivity index (χ3n) is 3.99. The molecule has 2 N–H and O–H groups in total. The van der Waals surface area contributed by atoms with Gasteiger partial charge in [0, 0.05) is 6.07 Å². The SMILES string of the molecule is CCOc1ccc(OCC)c(NC(C)C(=O)Nc2ccc(OC)cc2[N+](=O)[O-])c1. The summed E-state index contributed by atoms with van der Waals surface area (Å²) in [6.07, 6.45) is 0. The molecule has 0 saturated heterocycles. The first-order chi connectivity index (χ1) is 13.9. The zero-order chi connectivity index (χ0) is 21.4. The number of nitrogens with one attached hydrogen (secondary N) is 2. The first-order valence-electron chi connectivity index (χ1n) is 9.19. The average molecular weight is 403 g/mol. The Kier molecular flexibility index (Phi) is 7.64. The Labute approximate surface area is 169 Å². The lowest BCUT2D eigenvalue weighted by atomic mass is 10.2. The maximum atomic E-state index is 12.6. The summed E-state index contributed by atoms with van der Waals surface area (Å²) in [5.74, 6) is 1.10. The van der Waals surface area contributed by atoms with Crippen molar-refractivity contribution in [2.45, 2.75) is 26.8 Å². The largest absolute Gasteiger partial charge is 0.496 e. The van der Waals surface area contributed by atoms with Gasteiger partial charge in [-0.05, 0) is 45.0 Å². The molecule has 0 heterocycles. The van der Waals surface area contributed by atoms with Gasteiger partial charge in [-0.1, -0.05) is 0 Å². The second kappa shape index (κ2) is 10.2. The molecule has 0 fully saturated rings. The van der Waals surface area contributed by atoms with Crippen LogP contribution >= 0.6 is 0 Å². The summed E-state index contributed by atoms with van der Waals surface area (Å²) in [7, 11) is 1.41. The van der Waals surface area contributed by atoms with Crippen molar-refractivity contribution >= 4 is 23.0 Å². The number of rotatable bonds is 10. The first-order valence-corrected chi connectivity index (χ1v) is 9.19. The summed E-state index contributed by atoms with van der Waals surface area (Å²) in [6.45, 7) is 6.35. The molecule has 9 nitrogen and oxygen atoms in total. The molecule has 0 aromatic heterocycles. The monoisotopic (exact) mass is 403 g/mol. The van der Waals surface area contributed by atoms with Crippen molar-refractivity contribution in [3.8, 4) is 17.2 Å². The van der Waals surface area contributed by atoms with E-state index in [1.54, 1.807) is 31.2 Å². The molecule has 2 rings (SSSR count).